The molecule has 19 nitrogen and oxygen atoms in total. The van der Waals surface area contributed by atoms with Crippen molar-refractivity contribution in [3.05, 3.63) is 36.5 Å². The van der Waals surface area contributed by atoms with Crippen molar-refractivity contribution in [3.63, 3.8) is 0 Å². The number of carbonyl (C=O) groups excluding carboxylic acids is 1. The number of allylic oxidation sites excluding steroid dienone is 6. The smallest absolute Gasteiger partial charge is 0.220 e. The summed E-state index contributed by atoms with van der Waals surface area (Å²) in [5.74, 6) is -0.233. The van der Waals surface area contributed by atoms with Gasteiger partial charge in [-0.1, -0.05) is 384 Å². The zero-order valence-electron chi connectivity index (χ0n) is 70.0. The Balaban J connectivity index is 1.28. The monoisotopic (exact) mass is 1570 g/mol. The van der Waals surface area contributed by atoms with Crippen LogP contribution in [-0.2, 0) is 33.2 Å². The van der Waals surface area contributed by atoms with E-state index in [1.165, 1.54) is 315 Å². The van der Waals surface area contributed by atoms with Gasteiger partial charge in [0, 0.05) is 6.42 Å². The van der Waals surface area contributed by atoms with E-state index < -0.39 is 124 Å². The topological polar surface area (TPSA) is 307 Å². The molecular weight excluding hydrogens is 1390 g/mol. The summed E-state index contributed by atoms with van der Waals surface area (Å²) in [6, 6.07) is -0.887. The third-order valence-corrected chi connectivity index (χ3v) is 23.2. The summed E-state index contributed by atoms with van der Waals surface area (Å²) in [7, 11) is 0. The van der Waals surface area contributed by atoms with Crippen molar-refractivity contribution in [1.82, 2.24) is 5.32 Å². The van der Waals surface area contributed by atoms with E-state index >= 15 is 0 Å². The average molecular weight is 1570 g/mol. The average Bonchev–Trinajstić information content (AvgIpc) is 0.782. The summed E-state index contributed by atoms with van der Waals surface area (Å²) in [4.78, 5) is 13.5. The van der Waals surface area contributed by atoms with E-state index in [4.69, 9.17) is 28.4 Å². The highest BCUT2D eigenvalue weighted by molar-refractivity contribution is 5.76. The van der Waals surface area contributed by atoms with Crippen LogP contribution in [0.2, 0.25) is 0 Å². The Morgan fingerprint density at radius 1 is 0.327 bits per heavy atom. The van der Waals surface area contributed by atoms with E-state index in [2.05, 4.69) is 55.6 Å². The van der Waals surface area contributed by atoms with Crippen LogP contribution in [0.5, 0.6) is 0 Å². The summed E-state index contributed by atoms with van der Waals surface area (Å²) in [5, 5.41) is 121. The number of nitrogens with one attached hydrogen (secondary N) is 1. The molecule has 1 amide bonds. The van der Waals surface area contributed by atoms with Crippen LogP contribution in [0.25, 0.3) is 0 Å². The van der Waals surface area contributed by atoms with Crippen LogP contribution in [0.1, 0.15) is 406 Å². The van der Waals surface area contributed by atoms with Crippen LogP contribution in [0.4, 0.5) is 0 Å². The molecule has 0 aromatic heterocycles. The fourth-order valence-electron chi connectivity index (χ4n) is 15.9. The maximum atomic E-state index is 13.5. The molecular formula is C91H171NO18. The van der Waals surface area contributed by atoms with Gasteiger partial charge in [0.25, 0.3) is 0 Å². The van der Waals surface area contributed by atoms with Crippen LogP contribution < -0.4 is 5.32 Å². The predicted molar refractivity (Wildman–Crippen MR) is 443 cm³/mol. The number of carbonyl (C=O) groups is 1. The molecule has 0 spiro atoms. The van der Waals surface area contributed by atoms with Gasteiger partial charge in [0.15, 0.2) is 18.9 Å². The number of hydrogen-bond acceptors (Lipinski definition) is 18. The third-order valence-electron chi connectivity index (χ3n) is 23.2. The molecule has 3 fully saturated rings. The van der Waals surface area contributed by atoms with E-state index in [9.17, 15) is 61.0 Å². The summed E-state index contributed by atoms with van der Waals surface area (Å²) < 4.78 is 34.6. The van der Waals surface area contributed by atoms with Gasteiger partial charge in [0.05, 0.1) is 38.6 Å². The van der Waals surface area contributed by atoms with Gasteiger partial charge < -0.3 is 89.9 Å². The minimum absolute atomic E-state index is 0.233. The second-order valence-electron chi connectivity index (χ2n) is 33.1. The van der Waals surface area contributed by atoms with E-state index in [1.54, 1.807) is 0 Å². The molecule has 0 bridgehead atoms. The lowest BCUT2D eigenvalue weighted by Crippen LogP contribution is -2.66. The zero-order chi connectivity index (χ0) is 79.5. The van der Waals surface area contributed by atoms with Crippen molar-refractivity contribution in [2.24, 2.45) is 0 Å². The highest BCUT2D eigenvalue weighted by Gasteiger charge is 2.54. The summed E-state index contributed by atoms with van der Waals surface area (Å²) >= 11 is 0. The largest absolute Gasteiger partial charge is 0.394 e. The molecule has 17 atom stereocenters. The zero-order valence-corrected chi connectivity index (χ0v) is 70.0. The molecule has 3 aliphatic rings. The molecule has 110 heavy (non-hydrogen) atoms. The molecule has 648 valence electrons. The fraction of sp³-hybridized carbons (Fsp3) is 0.923. The highest BCUT2D eigenvalue weighted by atomic mass is 16.8. The second-order valence-corrected chi connectivity index (χ2v) is 33.1. The molecule has 17 unspecified atom stereocenters. The number of aliphatic hydroxyl groups excluding tert-OH is 11. The van der Waals surface area contributed by atoms with Gasteiger partial charge in [0.2, 0.25) is 5.91 Å². The van der Waals surface area contributed by atoms with Gasteiger partial charge in [-0.05, 0) is 51.4 Å². The minimum Gasteiger partial charge on any atom is -0.394 e. The Morgan fingerprint density at radius 2 is 0.600 bits per heavy atom. The van der Waals surface area contributed by atoms with Crippen LogP contribution in [0, 0.1) is 0 Å². The number of ether oxygens (including phenoxy) is 6. The van der Waals surface area contributed by atoms with Crippen LogP contribution >= 0.6 is 0 Å². The standard InChI is InChI=1S/C91H171NO18/c1-3-5-7-9-11-13-15-17-19-21-23-25-27-29-30-31-32-33-34-35-36-37-38-39-40-41-42-43-44-45-47-49-51-53-55-57-59-61-63-65-67-69-79(97)92-74(75(96)68-66-64-62-60-58-56-54-52-50-48-46-28-26-24-22-20-18-16-14-12-10-8-6-4-2)73-105-89-85(103)82(100)87(77(71-94)107-89)110-91-86(104)83(101)88(78(72-95)108-91)109-90-84(102)81(99)80(98)76(70-93)106-90/h15,17,21,23,27,29,74-78,80-91,93-96,98-104H,3-14,16,18-20,22,24-26,28,30-73H2,1-2H3,(H,92,97)/b17-15-,23-21-,29-27-. The Bertz CT molecular complexity index is 2120. The van der Waals surface area contributed by atoms with Gasteiger partial charge in [0.1, 0.15) is 73.2 Å². The Kier molecular flexibility index (Phi) is 66.1. The summed E-state index contributed by atoms with van der Waals surface area (Å²) in [5.41, 5.74) is 0. The predicted octanol–water partition coefficient (Wildman–Crippen LogP) is 17.8. The SMILES string of the molecule is CCCCCCC/C=C\C/C=C\C/C=C\CCCCCCCCCCCCCCCCCCCCCCCCCCCCC(=O)NC(COC1OC(CO)C(OC2OC(CO)C(OC3OC(CO)C(O)C(O)C3O)C(O)C2O)C(O)C1O)C(O)CCCCCCCCCCCCCCCCCCCCCCCCCC. The first-order chi connectivity index (χ1) is 53.8. The van der Waals surface area contributed by atoms with E-state index in [0.717, 1.165) is 57.8 Å². The van der Waals surface area contributed by atoms with E-state index in [0.29, 0.717) is 12.8 Å². The fourth-order valence-corrected chi connectivity index (χ4v) is 15.9. The molecule has 0 aromatic rings. The molecule has 0 aliphatic carbocycles. The van der Waals surface area contributed by atoms with E-state index in [-0.39, 0.29) is 18.9 Å². The molecule has 0 saturated carbocycles. The maximum absolute atomic E-state index is 13.5. The van der Waals surface area contributed by atoms with Crippen molar-refractivity contribution in [1.29, 1.82) is 0 Å². The number of unbranched alkanes of at least 4 members (excludes halogenated alkanes) is 54. The number of amides is 1. The maximum Gasteiger partial charge on any atom is 0.220 e. The summed E-state index contributed by atoms with van der Waals surface area (Å²) in [6.07, 6.45) is 64.1. The molecule has 3 saturated heterocycles. The third kappa shape index (κ3) is 49.3. The van der Waals surface area contributed by atoms with Gasteiger partial charge in [-0.15, -0.1) is 0 Å². The highest BCUT2D eigenvalue weighted by Crippen LogP contribution is 2.34. The van der Waals surface area contributed by atoms with Crippen molar-refractivity contribution in [2.75, 3.05) is 26.4 Å². The Morgan fingerprint density at radius 3 is 0.936 bits per heavy atom. The normalized spacial score (nSPS) is 25.3. The van der Waals surface area contributed by atoms with Crippen molar-refractivity contribution in [2.45, 2.75) is 510 Å². The first-order valence-electron chi connectivity index (χ1n) is 46.2. The van der Waals surface area contributed by atoms with Gasteiger partial charge >= 0.3 is 0 Å². The van der Waals surface area contributed by atoms with Crippen LogP contribution in [0.15, 0.2) is 36.5 Å². The minimum atomic E-state index is -1.97. The van der Waals surface area contributed by atoms with Crippen molar-refractivity contribution >= 4 is 5.91 Å². The van der Waals surface area contributed by atoms with Gasteiger partial charge in [-0.3, -0.25) is 4.79 Å². The van der Waals surface area contributed by atoms with Gasteiger partial charge in [-0.25, -0.2) is 0 Å². The Hall–Kier alpha value is -1.99. The Labute approximate surface area is 670 Å². The van der Waals surface area contributed by atoms with Gasteiger partial charge in [-0.2, -0.15) is 0 Å². The summed E-state index contributed by atoms with van der Waals surface area (Å²) in [6.45, 7) is 1.86. The molecule has 3 heterocycles. The number of hydrogen-bond donors (Lipinski definition) is 12. The lowest BCUT2D eigenvalue weighted by molar-refractivity contribution is -0.379. The van der Waals surface area contributed by atoms with E-state index in [1.807, 2.05) is 0 Å². The first kappa shape index (κ1) is 102. The van der Waals surface area contributed by atoms with Crippen LogP contribution in [0.3, 0.4) is 0 Å². The van der Waals surface area contributed by atoms with Crippen molar-refractivity contribution in [3.8, 4) is 0 Å². The van der Waals surface area contributed by atoms with Crippen LogP contribution in [-0.4, -0.2) is 193 Å². The quantitative estimate of drug-likeness (QED) is 0.0199. The lowest BCUT2D eigenvalue weighted by Gasteiger charge is -2.48. The molecule has 3 aliphatic heterocycles. The molecule has 3 rings (SSSR count). The molecule has 0 radical (unpaired) electrons. The molecule has 0 aromatic carbocycles. The van der Waals surface area contributed by atoms with Crippen molar-refractivity contribution < 1.29 is 89.4 Å². The second kappa shape index (κ2) is 71.1. The number of rotatable bonds is 76. The first-order valence-corrected chi connectivity index (χ1v) is 46.2. The molecule has 19 heteroatoms. The molecule has 12 N–H and O–H groups in total. The lowest BCUT2D eigenvalue weighted by atomic mass is 9.96. The number of aliphatic hydroxyl groups is 11.